The van der Waals surface area contributed by atoms with Gasteiger partial charge in [-0.3, -0.25) is 4.79 Å². The smallest absolute Gasteiger partial charge is 0.366 e. The van der Waals surface area contributed by atoms with Gasteiger partial charge < -0.3 is 15.1 Å². The molecule has 2 aliphatic heterocycles. The van der Waals surface area contributed by atoms with E-state index in [-0.39, 0.29) is 5.69 Å². The zero-order valence-electron chi connectivity index (χ0n) is 11.4. The summed E-state index contributed by atoms with van der Waals surface area (Å²) in [5, 5.41) is 1.84. The third kappa shape index (κ3) is 2.62. The molecular formula is C13H15F3N4O. The van der Waals surface area contributed by atoms with Gasteiger partial charge in [-0.25, -0.2) is 4.98 Å². The number of alkyl halides is 3. The molecule has 21 heavy (non-hydrogen) atoms. The number of carbonyl (C=O) groups excluding carboxylic acids is 1. The summed E-state index contributed by atoms with van der Waals surface area (Å²) in [4.78, 5) is 20.2. The molecule has 0 aromatic carbocycles. The second kappa shape index (κ2) is 4.78. The van der Waals surface area contributed by atoms with Crippen molar-refractivity contribution in [3.63, 3.8) is 0 Å². The topological polar surface area (TPSA) is 48.5 Å². The Hall–Kier alpha value is -1.99. The molecule has 1 aromatic heterocycles. The number of hydrogen-bond donors (Lipinski definition) is 1. The van der Waals surface area contributed by atoms with Crippen molar-refractivity contribution >= 4 is 17.4 Å². The highest BCUT2D eigenvalue weighted by Crippen LogP contribution is 2.37. The van der Waals surface area contributed by atoms with Crippen molar-refractivity contribution < 1.29 is 18.0 Å². The van der Waals surface area contributed by atoms with Crippen molar-refractivity contribution in [2.75, 3.05) is 36.5 Å². The molecule has 1 fully saturated rings. The van der Waals surface area contributed by atoms with Gasteiger partial charge in [0.25, 0.3) is 5.91 Å². The first-order chi connectivity index (χ1) is 9.85. The van der Waals surface area contributed by atoms with Crippen molar-refractivity contribution in [3.05, 3.63) is 17.8 Å². The summed E-state index contributed by atoms with van der Waals surface area (Å²) in [6.07, 6.45) is -3.41. The van der Waals surface area contributed by atoms with Crippen LogP contribution in [0.1, 0.15) is 16.9 Å². The van der Waals surface area contributed by atoms with Crippen LogP contribution in [0.3, 0.4) is 0 Å². The maximum absolute atomic E-state index is 12.1. The largest absolute Gasteiger partial charge is 0.405 e. The molecule has 5 nitrogen and oxygen atoms in total. The van der Waals surface area contributed by atoms with Gasteiger partial charge in [0.15, 0.2) is 5.82 Å². The molecule has 3 heterocycles. The minimum absolute atomic E-state index is 0.00681. The summed E-state index contributed by atoms with van der Waals surface area (Å²) in [7, 11) is 1.90. The number of halogens is 3. The highest BCUT2D eigenvalue weighted by atomic mass is 19.4. The van der Waals surface area contributed by atoms with Crippen LogP contribution in [0, 0.1) is 0 Å². The Labute approximate surface area is 119 Å². The van der Waals surface area contributed by atoms with Crippen LogP contribution < -0.4 is 15.1 Å². The minimum atomic E-state index is -4.43. The van der Waals surface area contributed by atoms with E-state index in [1.54, 1.807) is 6.07 Å². The molecule has 1 atom stereocenters. The van der Waals surface area contributed by atoms with Crippen LogP contribution in [-0.2, 0) is 0 Å². The second-order valence-corrected chi connectivity index (χ2v) is 5.34. The Morgan fingerprint density at radius 1 is 1.48 bits per heavy atom. The van der Waals surface area contributed by atoms with Crippen LogP contribution in [0.15, 0.2) is 12.1 Å². The molecule has 2 bridgehead atoms. The third-order valence-corrected chi connectivity index (χ3v) is 3.92. The Morgan fingerprint density at radius 2 is 2.24 bits per heavy atom. The summed E-state index contributed by atoms with van der Waals surface area (Å²) >= 11 is 0. The predicted molar refractivity (Wildman–Crippen MR) is 71.6 cm³/mol. The van der Waals surface area contributed by atoms with Crippen molar-refractivity contribution in [2.24, 2.45) is 0 Å². The van der Waals surface area contributed by atoms with Gasteiger partial charge >= 0.3 is 6.18 Å². The van der Waals surface area contributed by atoms with Crippen molar-refractivity contribution in [1.82, 2.24) is 10.3 Å². The van der Waals surface area contributed by atoms with Gasteiger partial charge in [-0.1, -0.05) is 0 Å². The highest BCUT2D eigenvalue weighted by molar-refractivity contribution is 5.93. The fraction of sp³-hybridized carbons (Fsp3) is 0.538. The maximum Gasteiger partial charge on any atom is 0.405 e. The molecule has 1 aromatic rings. The average Bonchev–Trinajstić information content (AvgIpc) is 2.87. The van der Waals surface area contributed by atoms with Gasteiger partial charge in [0.05, 0.1) is 5.69 Å². The first-order valence-electron chi connectivity index (χ1n) is 6.69. The fourth-order valence-corrected chi connectivity index (χ4v) is 2.79. The summed E-state index contributed by atoms with van der Waals surface area (Å²) < 4.78 is 36.4. The molecule has 1 saturated heterocycles. The monoisotopic (exact) mass is 300 g/mol. The molecule has 114 valence electrons. The molecule has 1 amide bonds. The minimum Gasteiger partial charge on any atom is -0.366 e. The first kappa shape index (κ1) is 14.0. The van der Waals surface area contributed by atoms with Crippen molar-refractivity contribution in [1.29, 1.82) is 0 Å². The van der Waals surface area contributed by atoms with Gasteiger partial charge in [-0.15, -0.1) is 0 Å². The predicted octanol–water partition coefficient (Wildman–Crippen LogP) is 1.40. The lowest BCUT2D eigenvalue weighted by molar-refractivity contribution is -0.123. The highest BCUT2D eigenvalue weighted by Gasteiger charge is 2.35. The van der Waals surface area contributed by atoms with E-state index in [0.29, 0.717) is 11.9 Å². The Bertz CT molecular complexity index is 575. The number of fused-ring (bicyclic) bond motifs is 4. The first-order valence-corrected chi connectivity index (χ1v) is 6.69. The number of nitrogens with zero attached hydrogens (tertiary/aromatic N) is 3. The standard InChI is InChI=1S/C13H15F3N4O/c1-19-8-4-5-20(6-8)10-3-2-9(18-11(10)19)12(21)17-7-13(14,15)16/h2-3,8H,4-7H2,1H3,(H,17,21). The second-order valence-electron chi connectivity index (χ2n) is 5.34. The summed E-state index contributed by atoms with van der Waals surface area (Å²) in [6, 6.07) is 3.57. The van der Waals surface area contributed by atoms with E-state index >= 15 is 0 Å². The van der Waals surface area contributed by atoms with E-state index in [1.165, 1.54) is 6.07 Å². The number of rotatable bonds is 2. The zero-order valence-corrected chi connectivity index (χ0v) is 11.4. The number of aromatic nitrogens is 1. The number of amides is 1. The number of nitrogens with one attached hydrogen (secondary N) is 1. The molecule has 8 heteroatoms. The van der Waals surface area contributed by atoms with Crippen molar-refractivity contribution in [3.8, 4) is 0 Å². The lowest BCUT2D eigenvalue weighted by Gasteiger charge is -2.34. The van der Waals surface area contributed by atoms with Gasteiger partial charge in [-0.05, 0) is 18.6 Å². The molecule has 0 spiro atoms. The average molecular weight is 300 g/mol. The Balaban J connectivity index is 1.82. The summed E-state index contributed by atoms with van der Waals surface area (Å²) in [6.45, 7) is 0.503. The lowest BCUT2D eigenvalue weighted by atomic mass is 10.2. The number of carbonyl (C=O) groups is 1. The van der Waals surface area contributed by atoms with Crippen LogP contribution >= 0.6 is 0 Å². The van der Waals surface area contributed by atoms with E-state index in [2.05, 4.69) is 9.88 Å². The molecule has 1 unspecified atom stereocenters. The van der Waals surface area contributed by atoms with Crippen molar-refractivity contribution in [2.45, 2.75) is 18.6 Å². The van der Waals surface area contributed by atoms with Gasteiger partial charge in [0.1, 0.15) is 12.2 Å². The van der Waals surface area contributed by atoms with Crippen LogP contribution in [0.2, 0.25) is 0 Å². The Kier molecular flexibility index (Phi) is 3.18. The SMILES string of the molecule is CN1c2nc(C(=O)NCC(F)(F)F)ccc2N2CCC1C2. The number of anilines is 2. The summed E-state index contributed by atoms with van der Waals surface area (Å²) in [5.41, 5.74) is 0.936. The zero-order chi connectivity index (χ0) is 15.2. The van der Waals surface area contributed by atoms with E-state index in [9.17, 15) is 18.0 Å². The van der Waals surface area contributed by atoms with E-state index in [1.807, 2.05) is 17.3 Å². The van der Waals surface area contributed by atoms with Gasteiger partial charge in [0, 0.05) is 26.2 Å². The maximum atomic E-state index is 12.1. The van der Waals surface area contributed by atoms with Crippen LogP contribution in [0.5, 0.6) is 0 Å². The quantitative estimate of drug-likeness (QED) is 0.897. The number of pyridine rings is 1. The molecule has 0 aliphatic carbocycles. The lowest BCUT2D eigenvalue weighted by Crippen LogP contribution is -2.41. The van der Waals surface area contributed by atoms with Crippen LogP contribution in [0.25, 0.3) is 0 Å². The van der Waals surface area contributed by atoms with Crippen LogP contribution in [0.4, 0.5) is 24.7 Å². The fourth-order valence-electron chi connectivity index (χ4n) is 2.79. The van der Waals surface area contributed by atoms with E-state index in [0.717, 1.165) is 25.2 Å². The van der Waals surface area contributed by atoms with E-state index < -0.39 is 18.6 Å². The van der Waals surface area contributed by atoms with Gasteiger partial charge in [0.2, 0.25) is 0 Å². The molecular weight excluding hydrogens is 285 g/mol. The number of hydrogen-bond acceptors (Lipinski definition) is 4. The molecule has 0 radical (unpaired) electrons. The third-order valence-electron chi connectivity index (χ3n) is 3.92. The normalized spacial score (nSPS) is 20.5. The molecule has 2 aliphatic rings. The van der Waals surface area contributed by atoms with Crippen LogP contribution in [-0.4, -0.2) is 49.8 Å². The number of likely N-dealkylation sites (N-methyl/N-ethyl adjacent to an activating group) is 1. The molecule has 0 saturated carbocycles. The van der Waals surface area contributed by atoms with E-state index in [4.69, 9.17) is 0 Å². The van der Waals surface area contributed by atoms with Gasteiger partial charge in [-0.2, -0.15) is 13.2 Å². The molecule has 1 N–H and O–H groups in total. The summed E-state index contributed by atoms with van der Waals surface area (Å²) in [5.74, 6) is -0.153. The molecule has 3 rings (SSSR count). The Morgan fingerprint density at radius 3 is 2.95 bits per heavy atom.